The van der Waals surface area contributed by atoms with E-state index in [1.54, 1.807) is 0 Å². The fraction of sp³-hybridized carbons (Fsp3) is 0.333. The summed E-state index contributed by atoms with van der Waals surface area (Å²) in [6.45, 7) is 4.15. The Kier molecular flexibility index (Phi) is 2.32. The molecule has 1 heteroatoms. The average molecular weight is 134 g/mol. The highest BCUT2D eigenvalue weighted by Crippen LogP contribution is 2.06. The van der Waals surface area contributed by atoms with Gasteiger partial charge in [-0.15, -0.1) is 0 Å². The van der Waals surface area contributed by atoms with E-state index in [0.717, 1.165) is 5.69 Å². The molecular formula is C9H12N. The highest BCUT2D eigenvalue weighted by atomic mass is 14.9. The first kappa shape index (κ1) is 7.13. The number of hydrogen-bond donors (Lipinski definition) is 0. The van der Waals surface area contributed by atoms with Crippen LogP contribution in [-0.2, 0) is 0 Å². The van der Waals surface area contributed by atoms with Crippen molar-refractivity contribution in [3.05, 3.63) is 30.3 Å². The second-order valence-electron chi connectivity index (χ2n) is 2.56. The summed E-state index contributed by atoms with van der Waals surface area (Å²) in [5.41, 5.74) is 1.07. The molecule has 0 saturated heterocycles. The summed E-state index contributed by atoms with van der Waals surface area (Å²) in [5.74, 6) is 0. The van der Waals surface area contributed by atoms with Crippen LogP contribution in [0.4, 0.5) is 5.69 Å². The van der Waals surface area contributed by atoms with Gasteiger partial charge in [0.1, 0.15) is 0 Å². The van der Waals surface area contributed by atoms with E-state index in [1.807, 2.05) is 30.3 Å². The van der Waals surface area contributed by atoms with Crippen LogP contribution in [0.3, 0.4) is 0 Å². The molecule has 0 heterocycles. The predicted molar refractivity (Wildman–Crippen MR) is 43.4 cm³/mol. The third-order valence-corrected chi connectivity index (χ3v) is 1.16. The molecule has 0 saturated carbocycles. The Bertz CT molecular complexity index is 179. The Morgan fingerprint density at radius 3 is 2.20 bits per heavy atom. The van der Waals surface area contributed by atoms with E-state index < -0.39 is 0 Å². The Hall–Kier alpha value is -0.980. The minimum Gasteiger partial charge on any atom is -0.283 e. The van der Waals surface area contributed by atoms with Gasteiger partial charge in [-0.25, -0.2) is 0 Å². The second kappa shape index (κ2) is 3.25. The molecule has 0 N–H and O–H groups in total. The lowest BCUT2D eigenvalue weighted by Crippen LogP contribution is -2.07. The van der Waals surface area contributed by atoms with Crippen molar-refractivity contribution in [3.8, 4) is 0 Å². The molecule has 1 aromatic rings. The van der Waals surface area contributed by atoms with Crippen molar-refractivity contribution < 1.29 is 0 Å². The Labute approximate surface area is 62.1 Å². The van der Waals surface area contributed by atoms with Gasteiger partial charge >= 0.3 is 0 Å². The molecule has 1 aromatic carbocycles. The molecule has 1 radical (unpaired) electrons. The quantitative estimate of drug-likeness (QED) is 0.589. The normalized spacial score (nSPS) is 9.90. The minimum absolute atomic E-state index is 0.391. The Morgan fingerprint density at radius 2 is 1.70 bits per heavy atom. The van der Waals surface area contributed by atoms with Gasteiger partial charge in [0.05, 0.1) is 5.69 Å². The monoisotopic (exact) mass is 134 g/mol. The van der Waals surface area contributed by atoms with Crippen LogP contribution in [-0.4, -0.2) is 6.04 Å². The van der Waals surface area contributed by atoms with Gasteiger partial charge in [0, 0.05) is 6.04 Å². The lowest BCUT2D eigenvalue weighted by molar-refractivity contribution is 0.698. The van der Waals surface area contributed by atoms with Crippen molar-refractivity contribution in [2.75, 3.05) is 0 Å². The molecule has 0 fully saturated rings. The standard InChI is InChI=1S/C9H12N/c1-8(2)10-9-6-4-3-5-7-9/h3-8H,1-2H3. The molecule has 10 heavy (non-hydrogen) atoms. The molecule has 0 atom stereocenters. The predicted octanol–water partition coefficient (Wildman–Crippen LogP) is 2.33. The summed E-state index contributed by atoms with van der Waals surface area (Å²) in [5, 5.41) is 4.36. The maximum absolute atomic E-state index is 4.36. The van der Waals surface area contributed by atoms with Crippen molar-refractivity contribution in [1.29, 1.82) is 0 Å². The van der Waals surface area contributed by atoms with Gasteiger partial charge in [-0.05, 0) is 26.0 Å². The fourth-order valence-corrected chi connectivity index (χ4v) is 0.812. The van der Waals surface area contributed by atoms with Crippen LogP contribution >= 0.6 is 0 Å². The molecule has 0 spiro atoms. The molecule has 0 aliphatic rings. The smallest absolute Gasteiger partial charge is 0.0577 e. The maximum Gasteiger partial charge on any atom is 0.0577 e. The first-order valence-electron chi connectivity index (χ1n) is 3.55. The number of hydrogen-bond acceptors (Lipinski definition) is 0. The van der Waals surface area contributed by atoms with E-state index >= 15 is 0 Å². The van der Waals surface area contributed by atoms with Gasteiger partial charge in [0.25, 0.3) is 0 Å². The lowest BCUT2D eigenvalue weighted by Gasteiger charge is -2.04. The fourth-order valence-electron chi connectivity index (χ4n) is 0.812. The summed E-state index contributed by atoms with van der Waals surface area (Å²) in [4.78, 5) is 0. The summed E-state index contributed by atoms with van der Waals surface area (Å²) in [6, 6.07) is 10.4. The second-order valence-corrected chi connectivity index (χ2v) is 2.56. The van der Waals surface area contributed by atoms with E-state index in [-0.39, 0.29) is 0 Å². The number of rotatable bonds is 2. The number of para-hydroxylation sites is 1. The third-order valence-electron chi connectivity index (χ3n) is 1.16. The molecule has 0 aliphatic heterocycles. The summed E-state index contributed by atoms with van der Waals surface area (Å²) in [7, 11) is 0. The molecule has 53 valence electrons. The van der Waals surface area contributed by atoms with Gasteiger partial charge in [-0.1, -0.05) is 18.2 Å². The van der Waals surface area contributed by atoms with Gasteiger partial charge in [-0.3, -0.25) is 5.32 Å². The molecule has 1 rings (SSSR count). The van der Waals surface area contributed by atoms with E-state index in [2.05, 4.69) is 19.2 Å². The van der Waals surface area contributed by atoms with E-state index in [9.17, 15) is 0 Å². The van der Waals surface area contributed by atoms with Crippen LogP contribution in [0.5, 0.6) is 0 Å². The van der Waals surface area contributed by atoms with Crippen molar-refractivity contribution in [1.82, 2.24) is 5.32 Å². The van der Waals surface area contributed by atoms with Crippen LogP contribution in [0.25, 0.3) is 0 Å². The van der Waals surface area contributed by atoms with Crippen LogP contribution < -0.4 is 5.32 Å². The molecule has 0 aliphatic carbocycles. The zero-order chi connectivity index (χ0) is 7.40. The van der Waals surface area contributed by atoms with Crippen LogP contribution in [0, 0.1) is 0 Å². The highest BCUT2D eigenvalue weighted by molar-refractivity contribution is 5.34. The van der Waals surface area contributed by atoms with Crippen LogP contribution in [0.15, 0.2) is 30.3 Å². The zero-order valence-electron chi connectivity index (χ0n) is 6.41. The van der Waals surface area contributed by atoms with E-state index in [1.165, 1.54) is 0 Å². The SMILES string of the molecule is CC(C)[N]c1ccccc1. The molecule has 0 unspecified atom stereocenters. The Morgan fingerprint density at radius 1 is 1.10 bits per heavy atom. The largest absolute Gasteiger partial charge is 0.283 e. The number of nitrogens with zero attached hydrogens (tertiary/aromatic N) is 1. The van der Waals surface area contributed by atoms with Crippen molar-refractivity contribution in [3.63, 3.8) is 0 Å². The maximum atomic E-state index is 4.36. The first-order valence-corrected chi connectivity index (χ1v) is 3.55. The van der Waals surface area contributed by atoms with Gasteiger partial charge in [0.2, 0.25) is 0 Å². The van der Waals surface area contributed by atoms with Crippen LogP contribution in [0.2, 0.25) is 0 Å². The first-order chi connectivity index (χ1) is 4.79. The lowest BCUT2D eigenvalue weighted by atomic mass is 10.3. The zero-order valence-corrected chi connectivity index (χ0v) is 6.41. The van der Waals surface area contributed by atoms with Gasteiger partial charge < -0.3 is 0 Å². The van der Waals surface area contributed by atoms with Crippen molar-refractivity contribution >= 4 is 5.69 Å². The average Bonchev–Trinajstić information content (AvgIpc) is 1.88. The van der Waals surface area contributed by atoms with Crippen LogP contribution in [0.1, 0.15) is 13.8 Å². The molecule has 0 bridgehead atoms. The molecular weight excluding hydrogens is 122 g/mol. The summed E-state index contributed by atoms with van der Waals surface area (Å²) in [6.07, 6.45) is 0. The molecule has 0 aromatic heterocycles. The summed E-state index contributed by atoms with van der Waals surface area (Å²) < 4.78 is 0. The third kappa shape index (κ3) is 2.09. The van der Waals surface area contributed by atoms with Crippen molar-refractivity contribution in [2.24, 2.45) is 0 Å². The summed E-state index contributed by atoms with van der Waals surface area (Å²) >= 11 is 0. The van der Waals surface area contributed by atoms with E-state index in [4.69, 9.17) is 0 Å². The molecule has 0 amide bonds. The van der Waals surface area contributed by atoms with Crippen molar-refractivity contribution in [2.45, 2.75) is 19.9 Å². The Balaban J connectivity index is 2.59. The highest BCUT2D eigenvalue weighted by Gasteiger charge is 1.93. The van der Waals surface area contributed by atoms with Gasteiger partial charge in [-0.2, -0.15) is 0 Å². The van der Waals surface area contributed by atoms with Gasteiger partial charge in [0.15, 0.2) is 0 Å². The van der Waals surface area contributed by atoms with E-state index in [0.29, 0.717) is 6.04 Å². The minimum atomic E-state index is 0.391. The number of benzene rings is 1. The topological polar surface area (TPSA) is 14.1 Å². The molecule has 1 nitrogen and oxygen atoms in total.